The number of hydrazine groups is 1. The van der Waals surface area contributed by atoms with Crippen LogP contribution in [0.4, 0.5) is 0 Å². The third-order valence-corrected chi connectivity index (χ3v) is 3.54. The van der Waals surface area contributed by atoms with Crippen LogP contribution in [0.25, 0.3) is 0 Å². The monoisotopic (exact) mass is 169 g/mol. The van der Waals surface area contributed by atoms with E-state index in [1.54, 1.807) is 0 Å². The van der Waals surface area contributed by atoms with Crippen LogP contribution in [-0.4, -0.2) is 30.7 Å². The molecule has 2 unspecified atom stereocenters. The fraction of sp³-hybridized carbons (Fsp3) is 1.00. The van der Waals surface area contributed by atoms with Crippen LogP contribution in [0.5, 0.6) is 0 Å². The molecule has 0 aromatic heterocycles. The van der Waals surface area contributed by atoms with Gasteiger partial charge in [0.15, 0.2) is 0 Å². The molecule has 0 bridgehead atoms. The minimum Gasteiger partial charge on any atom is -0.314 e. The van der Waals surface area contributed by atoms with Gasteiger partial charge in [0.05, 0.1) is 0 Å². The fourth-order valence-electron chi connectivity index (χ4n) is 2.68. The van der Waals surface area contributed by atoms with Crippen LogP contribution in [0.3, 0.4) is 0 Å². The van der Waals surface area contributed by atoms with Gasteiger partial charge in [-0.1, -0.05) is 6.92 Å². The lowest BCUT2D eigenvalue weighted by molar-refractivity contribution is 0.0750. The third kappa shape index (κ3) is 1.16. The van der Waals surface area contributed by atoms with Gasteiger partial charge >= 0.3 is 0 Å². The molecule has 1 spiro atoms. The SMILES string of the molecule is CCNC1CCC12CCN(N)C2. The Labute approximate surface area is 74.3 Å². The molecule has 1 aliphatic heterocycles. The van der Waals surface area contributed by atoms with Crippen molar-refractivity contribution in [2.45, 2.75) is 32.2 Å². The van der Waals surface area contributed by atoms with Crippen LogP contribution < -0.4 is 11.2 Å². The zero-order valence-electron chi connectivity index (χ0n) is 7.84. The van der Waals surface area contributed by atoms with E-state index in [1.165, 1.54) is 19.3 Å². The molecule has 0 aromatic rings. The van der Waals surface area contributed by atoms with E-state index in [2.05, 4.69) is 12.2 Å². The Morgan fingerprint density at radius 2 is 2.42 bits per heavy atom. The molecule has 3 N–H and O–H groups in total. The molecule has 2 rings (SSSR count). The van der Waals surface area contributed by atoms with Gasteiger partial charge in [-0.2, -0.15) is 0 Å². The Morgan fingerprint density at radius 3 is 2.83 bits per heavy atom. The maximum Gasteiger partial charge on any atom is 0.0200 e. The predicted molar refractivity (Wildman–Crippen MR) is 49.5 cm³/mol. The average Bonchev–Trinajstić information content (AvgIpc) is 2.44. The van der Waals surface area contributed by atoms with Crippen LogP contribution in [0.15, 0.2) is 0 Å². The van der Waals surface area contributed by atoms with E-state index in [-0.39, 0.29) is 0 Å². The van der Waals surface area contributed by atoms with Gasteiger partial charge in [0.1, 0.15) is 0 Å². The van der Waals surface area contributed by atoms with Gasteiger partial charge < -0.3 is 5.32 Å². The maximum absolute atomic E-state index is 5.78. The lowest BCUT2D eigenvalue weighted by atomic mass is 9.64. The van der Waals surface area contributed by atoms with Crippen molar-refractivity contribution in [3.05, 3.63) is 0 Å². The zero-order valence-corrected chi connectivity index (χ0v) is 7.84. The number of nitrogens with one attached hydrogen (secondary N) is 1. The van der Waals surface area contributed by atoms with Crippen LogP contribution in [-0.2, 0) is 0 Å². The fourth-order valence-corrected chi connectivity index (χ4v) is 2.68. The van der Waals surface area contributed by atoms with Gasteiger partial charge in [0.2, 0.25) is 0 Å². The highest BCUT2D eigenvalue weighted by molar-refractivity contribution is 5.04. The average molecular weight is 169 g/mol. The molecule has 1 heterocycles. The highest BCUT2D eigenvalue weighted by Gasteiger charge is 2.49. The summed E-state index contributed by atoms with van der Waals surface area (Å²) in [4.78, 5) is 0. The number of nitrogens with zero attached hydrogens (tertiary/aromatic N) is 1. The molecule has 3 heteroatoms. The number of nitrogens with two attached hydrogens (primary N) is 1. The van der Waals surface area contributed by atoms with E-state index in [9.17, 15) is 0 Å². The molecule has 2 atom stereocenters. The second-order valence-electron chi connectivity index (χ2n) is 4.23. The van der Waals surface area contributed by atoms with Crippen molar-refractivity contribution >= 4 is 0 Å². The van der Waals surface area contributed by atoms with Crippen molar-refractivity contribution in [1.29, 1.82) is 0 Å². The maximum atomic E-state index is 5.78. The van der Waals surface area contributed by atoms with E-state index in [0.717, 1.165) is 25.7 Å². The molecule has 1 saturated carbocycles. The van der Waals surface area contributed by atoms with Gasteiger partial charge in [-0.25, -0.2) is 5.01 Å². The first kappa shape index (κ1) is 8.48. The normalized spacial score (nSPS) is 42.0. The summed E-state index contributed by atoms with van der Waals surface area (Å²) in [6.07, 6.45) is 4.02. The summed E-state index contributed by atoms with van der Waals surface area (Å²) >= 11 is 0. The van der Waals surface area contributed by atoms with E-state index >= 15 is 0 Å². The minimum absolute atomic E-state index is 0.546. The molecule has 2 aliphatic rings. The molecule has 0 amide bonds. The van der Waals surface area contributed by atoms with Crippen molar-refractivity contribution < 1.29 is 0 Å². The first-order valence-electron chi connectivity index (χ1n) is 5.00. The summed E-state index contributed by atoms with van der Waals surface area (Å²) in [5.74, 6) is 5.78. The van der Waals surface area contributed by atoms with Crippen LogP contribution in [0, 0.1) is 5.41 Å². The summed E-state index contributed by atoms with van der Waals surface area (Å²) < 4.78 is 0. The molecule has 1 aliphatic carbocycles. The molecular weight excluding hydrogens is 150 g/mol. The second-order valence-corrected chi connectivity index (χ2v) is 4.23. The van der Waals surface area contributed by atoms with Gasteiger partial charge in [-0.3, -0.25) is 5.84 Å². The molecular formula is C9H19N3. The number of rotatable bonds is 2. The molecule has 1 saturated heterocycles. The van der Waals surface area contributed by atoms with Crippen molar-refractivity contribution in [3.63, 3.8) is 0 Å². The lowest BCUT2D eigenvalue weighted by Crippen LogP contribution is -2.55. The molecule has 2 fully saturated rings. The van der Waals surface area contributed by atoms with Crippen molar-refractivity contribution in [2.75, 3.05) is 19.6 Å². The summed E-state index contributed by atoms with van der Waals surface area (Å²) in [6.45, 7) is 5.46. The summed E-state index contributed by atoms with van der Waals surface area (Å²) in [5, 5.41) is 5.53. The van der Waals surface area contributed by atoms with Crippen molar-refractivity contribution in [3.8, 4) is 0 Å². The topological polar surface area (TPSA) is 41.3 Å². The number of hydrogen-bond acceptors (Lipinski definition) is 3. The Kier molecular flexibility index (Phi) is 2.10. The standard InChI is InChI=1S/C9H19N3/c1-2-11-8-3-4-9(8)5-6-12(10)7-9/h8,11H,2-7,10H2,1H3. The van der Waals surface area contributed by atoms with Crippen molar-refractivity contribution in [2.24, 2.45) is 11.3 Å². The van der Waals surface area contributed by atoms with Crippen LogP contribution in [0.2, 0.25) is 0 Å². The first-order chi connectivity index (χ1) is 5.77. The second kappa shape index (κ2) is 2.98. The van der Waals surface area contributed by atoms with Crippen LogP contribution >= 0.6 is 0 Å². The van der Waals surface area contributed by atoms with E-state index < -0.39 is 0 Å². The molecule has 0 radical (unpaired) electrons. The molecule has 70 valence electrons. The van der Waals surface area contributed by atoms with Gasteiger partial charge in [-0.05, 0) is 25.8 Å². The molecule has 12 heavy (non-hydrogen) atoms. The Balaban J connectivity index is 1.94. The van der Waals surface area contributed by atoms with E-state index in [0.29, 0.717) is 5.41 Å². The molecule has 3 nitrogen and oxygen atoms in total. The quantitative estimate of drug-likeness (QED) is 0.585. The number of hydrogen-bond donors (Lipinski definition) is 2. The smallest absolute Gasteiger partial charge is 0.0200 e. The summed E-state index contributed by atoms with van der Waals surface area (Å²) in [5.41, 5.74) is 0.546. The Hall–Kier alpha value is -0.120. The van der Waals surface area contributed by atoms with Crippen LogP contribution in [0.1, 0.15) is 26.2 Å². The Bertz CT molecular complexity index is 171. The van der Waals surface area contributed by atoms with E-state index in [1.807, 2.05) is 5.01 Å². The van der Waals surface area contributed by atoms with Gasteiger partial charge in [-0.15, -0.1) is 0 Å². The summed E-state index contributed by atoms with van der Waals surface area (Å²) in [7, 11) is 0. The van der Waals surface area contributed by atoms with Gasteiger partial charge in [0.25, 0.3) is 0 Å². The highest BCUT2D eigenvalue weighted by atomic mass is 15.4. The van der Waals surface area contributed by atoms with E-state index in [4.69, 9.17) is 5.84 Å². The summed E-state index contributed by atoms with van der Waals surface area (Å²) in [6, 6.07) is 0.746. The first-order valence-corrected chi connectivity index (χ1v) is 5.00. The largest absolute Gasteiger partial charge is 0.314 e. The van der Waals surface area contributed by atoms with Crippen molar-refractivity contribution in [1.82, 2.24) is 10.3 Å². The third-order valence-electron chi connectivity index (χ3n) is 3.54. The predicted octanol–water partition coefficient (Wildman–Crippen LogP) is 0.324. The minimum atomic E-state index is 0.546. The highest BCUT2D eigenvalue weighted by Crippen LogP contribution is 2.47. The zero-order chi connectivity index (χ0) is 8.60. The lowest BCUT2D eigenvalue weighted by Gasteiger charge is -2.47. The van der Waals surface area contributed by atoms with Gasteiger partial charge in [0, 0.05) is 24.5 Å². The molecule has 0 aromatic carbocycles. The Morgan fingerprint density at radius 1 is 1.58 bits per heavy atom.